The lowest BCUT2D eigenvalue weighted by Crippen LogP contribution is -2.26. The van der Waals surface area contributed by atoms with Crippen molar-refractivity contribution in [2.75, 3.05) is 0 Å². The average molecular weight is 388 g/mol. The SMILES string of the molecule is Cc1ccc2c(c1)c1cc(C)cc3c1n2-c1ccc(-c2ccccc2)cc1C3(C)C. The van der Waals surface area contributed by atoms with Gasteiger partial charge in [0.1, 0.15) is 0 Å². The van der Waals surface area contributed by atoms with Gasteiger partial charge in [0.25, 0.3) is 0 Å². The third kappa shape index (κ3) is 2.24. The summed E-state index contributed by atoms with van der Waals surface area (Å²) < 4.78 is 2.49. The molecule has 0 spiro atoms. The zero-order valence-corrected chi connectivity index (χ0v) is 18.0. The Morgan fingerprint density at radius 3 is 2.20 bits per heavy atom. The predicted molar refractivity (Wildman–Crippen MR) is 128 cm³/mol. The molecule has 6 rings (SSSR count). The second-order valence-electron chi connectivity index (χ2n) is 9.29. The molecule has 0 radical (unpaired) electrons. The van der Waals surface area contributed by atoms with Gasteiger partial charge in [0, 0.05) is 16.2 Å². The molecule has 1 aliphatic rings. The minimum Gasteiger partial charge on any atom is -0.309 e. The van der Waals surface area contributed by atoms with E-state index in [9.17, 15) is 0 Å². The highest BCUT2D eigenvalue weighted by Gasteiger charge is 2.35. The van der Waals surface area contributed by atoms with Crippen LogP contribution in [-0.4, -0.2) is 4.57 Å². The maximum absolute atomic E-state index is 2.49. The minimum absolute atomic E-state index is 0.0657. The van der Waals surface area contributed by atoms with Gasteiger partial charge in [0.2, 0.25) is 0 Å². The van der Waals surface area contributed by atoms with Crippen LogP contribution in [0.1, 0.15) is 36.1 Å². The maximum Gasteiger partial charge on any atom is 0.0582 e. The van der Waals surface area contributed by atoms with Gasteiger partial charge in [-0.25, -0.2) is 0 Å². The van der Waals surface area contributed by atoms with Crippen LogP contribution in [-0.2, 0) is 5.41 Å². The highest BCUT2D eigenvalue weighted by molar-refractivity contribution is 6.12. The summed E-state index contributed by atoms with van der Waals surface area (Å²) in [5, 5.41) is 2.72. The van der Waals surface area contributed by atoms with Crippen molar-refractivity contribution in [1.82, 2.24) is 4.57 Å². The van der Waals surface area contributed by atoms with E-state index < -0.39 is 0 Å². The van der Waals surface area contributed by atoms with E-state index in [2.05, 4.69) is 111 Å². The van der Waals surface area contributed by atoms with Gasteiger partial charge in [-0.1, -0.05) is 73.5 Å². The van der Waals surface area contributed by atoms with Crippen molar-refractivity contribution >= 4 is 21.8 Å². The molecule has 146 valence electrons. The fourth-order valence-corrected chi connectivity index (χ4v) is 5.32. The second kappa shape index (κ2) is 5.86. The van der Waals surface area contributed by atoms with Gasteiger partial charge in [-0.3, -0.25) is 0 Å². The van der Waals surface area contributed by atoms with Gasteiger partial charge in [-0.2, -0.15) is 0 Å². The molecule has 0 atom stereocenters. The zero-order valence-electron chi connectivity index (χ0n) is 18.0. The number of nitrogens with zero attached hydrogens (tertiary/aromatic N) is 1. The van der Waals surface area contributed by atoms with Crippen LogP contribution in [0.3, 0.4) is 0 Å². The van der Waals surface area contributed by atoms with Gasteiger partial charge in [0.15, 0.2) is 0 Å². The summed E-state index contributed by atoms with van der Waals surface area (Å²) in [4.78, 5) is 0. The molecule has 1 aromatic heterocycles. The first-order valence-electron chi connectivity index (χ1n) is 10.7. The summed E-state index contributed by atoms with van der Waals surface area (Å²) in [6.45, 7) is 9.16. The average Bonchev–Trinajstić information content (AvgIpc) is 3.06. The highest BCUT2D eigenvalue weighted by Crippen LogP contribution is 2.48. The predicted octanol–water partition coefficient (Wildman–Crippen LogP) is 7.71. The lowest BCUT2D eigenvalue weighted by molar-refractivity contribution is 0.630. The summed E-state index contributed by atoms with van der Waals surface area (Å²) in [5.41, 5.74) is 11.9. The summed E-state index contributed by atoms with van der Waals surface area (Å²) >= 11 is 0. The van der Waals surface area contributed by atoms with Crippen molar-refractivity contribution in [3.8, 4) is 16.8 Å². The Morgan fingerprint density at radius 2 is 1.40 bits per heavy atom. The smallest absolute Gasteiger partial charge is 0.0582 e. The standard InChI is InChI=1S/C29H25N/c1-18-10-12-26-22(14-18)23-15-19(2)16-25-28(23)30(26)27-13-11-21(17-24(27)29(25,3)4)20-8-6-5-7-9-20/h5-17H,1-4H3. The summed E-state index contributed by atoms with van der Waals surface area (Å²) in [6.07, 6.45) is 0. The van der Waals surface area contributed by atoms with E-state index in [1.807, 2.05) is 0 Å². The Hall–Kier alpha value is -3.32. The Morgan fingerprint density at radius 1 is 0.633 bits per heavy atom. The van der Waals surface area contributed by atoms with Crippen molar-refractivity contribution < 1.29 is 0 Å². The Balaban J connectivity index is 1.77. The summed E-state index contributed by atoms with van der Waals surface area (Å²) in [7, 11) is 0. The van der Waals surface area contributed by atoms with Crippen LogP contribution in [0, 0.1) is 13.8 Å². The molecule has 4 aromatic carbocycles. The van der Waals surface area contributed by atoms with Crippen LogP contribution in [0.25, 0.3) is 38.6 Å². The van der Waals surface area contributed by atoms with E-state index in [0.717, 1.165) is 0 Å². The van der Waals surface area contributed by atoms with Crippen LogP contribution in [0.15, 0.2) is 78.9 Å². The summed E-state index contributed by atoms with van der Waals surface area (Å²) in [6, 6.07) is 29.3. The molecule has 0 fully saturated rings. The number of fused-ring (bicyclic) bond motifs is 5. The van der Waals surface area contributed by atoms with Crippen LogP contribution in [0.2, 0.25) is 0 Å². The highest BCUT2D eigenvalue weighted by atomic mass is 15.0. The fourth-order valence-electron chi connectivity index (χ4n) is 5.32. The van der Waals surface area contributed by atoms with E-state index >= 15 is 0 Å². The molecule has 1 nitrogen and oxygen atoms in total. The number of benzene rings is 4. The number of hydrogen-bond acceptors (Lipinski definition) is 0. The van der Waals surface area contributed by atoms with Crippen molar-refractivity contribution in [2.45, 2.75) is 33.1 Å². The van der Waals surface area contributed by atoms with E-state index in [0.29, 0.717) is 0 Å². The molecule has 0 N–H and O–H groups in total. The molecule has 0 amide bonds. The normalized spacial score (nSPS) is 14.3. The largest absolute Gasteiger partial charge is 0.309 e. The van der Waals surface area contributed by atoms with Gasteiger partial charge in [0.05, 0.1) is 16.7 Å². The zero-order chi connectivity index (χ0) is 20.6. The first-order valence-corrected chi connectivity index (χ1v) is 10.7. The van der Waals surface area contributed by atoms with Crippen LogP contribution in [0.4, 0.5) is 0 Å². The maximum atomic E-state index is 2.49. The lowest BCUT2D eigenvalue weighted by atomic mass is 9.73. The van der Waals surface area contributed by atoms with E-state index in [1.54, 1.807) is 0 Å². The van der Waals surface area contributed by atoms with E-state index in [-0.39, 0.29) is 5.41 Å². The van der Waals surface area contributed by atoms with E-state index in [4.69, 9.17) is 0 Å². The van der Waals surface area contributed by atoms with Gasteiger partial charge >= 0.3 is 0 Å². The van der Waals surface area contributed by atoms with Crippen molar-refractivity contribution in [3.05, 3.63) is 101 Å². The molecule has 1 aliphatic heterocycles. The Bertz CT molecular complexity index is 1470. The molecule has 0 saturated heterocycles. The monoisotopic (exact) mass is 387 g/mol. The molecule has 5 aromatic rings. The van der Waals surface area contributed by atoms with Crippen molar-refractivity contribution in [3.63, 3.8) is 0 Å². The van der Waals surface area contributed by atoms with Crippen molar-refractivity contribution in [1.29, 1.82) is 0 Å². The number of rotatable bonds is 1. The first kappa shape index (κ1) is 17.5. The fraction of sp³-hybridized carbons (Fsp3) is 0.172. The minimum atomic E-state index is -0.0657. The third-order valence-electron chi connectivity index (χ3n) is 6.85. The quantitative estimate of drug-likeness (QED) is 0.278. The number of hydrogen-bond donors (Lipinski definition) is 0. The van der Waals surface area contributed by atoms with Gasteiger partial charge < -0.3 is 4.57 Å². The topological polar surface area (TPSA) is 4.93 Å². The van der Waals surface area contributed by atoms with Crippen LogP contribution >= 0.6 is 0 Å². The van der Waals surface area contributed by atoms with Gasteiger partial charge in [-0.15, -0.1) is 0 Å². The first-order chi connectivity index (χ1) is 14.4. The molecule has 0 bridgehead atoms. The van der Waals surface area contributed by atoms with Crippen LogP contribution in [0.5, 0.6) is 0 Å². The second-order valence-corrected chi connectivity index (χ2v) is 9.29. The molecule has 2 heterocycles. The molecule has 1 heteroatoms. The molecule has 0 aliphatic carbocycles. The van der Waals surface area contributed by atoms with Crippen molar-refractivity contribution in [2.24, 2.45) is 0 Å². The lowest BCUT2D eigenvalue weighted by Gasteiger charge is -2.35. The molecular formula is C29H25N. The molecule has 30 heavy (non-hydrogen) atoms. The third-order valence-corrected chi connectivity index (χ3v) is 6.85. The number of aryl methyl sites for hydroxylation is 2. The molecular weight excluding hydrogens is 362 g/mol. The molecule has 0 unspecified atom stereocenters. The summed E-state index contributed by atoms with van der Waals surface area (Å²) in [5.74, 6) is 0. The Labute approximate surface area is 177 Å². The van der Waals surface area contributed by atoms with E-state index in [1.165, 1.54) is 60.9 Å². The molecule has 0 saturated carbocycles. The Kier molecular flexibility index (Phi) is 3.42. The van der Waals surface area contributed by atoms with Crippen LogP contribution < -0.4 is 0 Å². The van der Waals surface area contributed by atoms with Gasteiger partial charge in [-0.05, 0) is 66.4 Å². The number of aromatic nitrogens is 1.